The monoisotopic (exact) mass is 416 g/mol. The number of halogens is 1. The molecular weight excluding hydrogens is 395 g/mol. The van der Waals surface area contributed by atoms with Crippen LogP contribution >= 0.6 is 0 Å². The quantitative estimate of drug-likeness (QED) is 0.602. The number of para-hydroxylation sites is 1. The fourth-order valence-electron chi connectivity index (χ4n) is 3.43. The molecule has 1 atom stereocenters. The van der Waals surface area contributed by atoms with E-state index in [1.54, 1.807) is 36.4 Å². The summed E-state index contributed by atoms with van der Waals surface area (Å²) in [6.45, 7) is 0.172. The Kier molecular flexibility index (Phi) is 6.17. The standard InChI is InChI=1S/C25H21FN2O3/c26-20-12-6-4-10-18(20)24-19-11-5-7-13-21(19)28-25(30)22(27-24)14-15-23(29)31-16-17-8-2-1-3-9-17/h1-13,22H,14-16H2,(H,28,30)/t22-/m0/s1. The van der Waals surface area contributed by atoms with Gasteiger partial charge < -0.3 is 10.1 Å². The van der Waals surface area contributed by atoms with Crippen molar-refractivity contribution < 1.29 is 18.7 Å². The van der Waals surface area contributed by atoms with Gasteiger partial charge in [-0.3, -0.25) is 14.6 Å². The van der Waals surface area contributed by atoms with Crippen LogP contribution in [0.15, 0.2) is 83.9 Å². The van der Waals surface area contributed by atoms with Gasteiger partial charge in [-0.2, -0.15) is 0 Å². The predicted molar refractivity (Wildman–Crippen MR) is 116 cm³/mol. The zero-order chi connectivity index (χ0) is 21.6. The molecule has 0 aromatic heterocycles. The Morgan fingerprint density at radius 1 is 0.935 bits per heavy atom. The normalized spacial score (nSPS) is 15.3. The summed E-state index contributed by atoms with van der Waals surface area (Å²) in [5.41, 5.74) is 2.77. The highest BCUT2D eigenvalue weighted by Crippen LogP contribution is 2.26. The van der Waals surface area contributed by atoms with Crippen molar-refractivity contribution in [2.75, 3.05) is 5.32 Å². The third-order valence-corrected chi connectivity index (χ3v) is 5.02. The lowest BCUT2D eigenvalue weighted by Crippen LogP contribution is -2.26. The molecule has 5 nitrogen and oxygen atoms in total. The van der Waals surface area contributed by atoms with Crippen LogP contribution < -0.4 is 5.32 Å². The number of hydrogen-bond acceptors (Lipinski definition) is 4. The lowest BCUT2D eigenvalue weighted by atomic mass is 10.00. The van der Waals surface area contributed by atoms with Crippen molar-refractivity contribution in [1.82, 2.24) is 0 Å². The largest absolute Gasteiger partial charge is 0.461 e. The van der Waals surface area contributed by atoms with E-state index in [1.807, 2.05) is 36.4 Å². The third kappa shape index (κ3) is 4.86. The summed E-state index contributed by atoms with van der Waals surface area (Å²) in [7, 11) is 0. The number of anilines is 1. The van der Waals surface area contributed by atoms with Gasteiger partial charge in [-0.05, 0) is 30.2 Å². The van der Waals surface area contributed by atoms with E-state index in [1.165, 1.54) is 6.07 Å². The van der Waals surface area contributed by atoms with E-state index in [2.05, 4.69) is 10.3 Å². The Labute approximate surface area is 179 Å². The highest BCUT2D eigenvalue weighted by Gasteiger charge is 2.27. The SMILES string of the molecule is O=C(CC[C@@H]1N=C(c2ccccc2F)c2ccccc2NC1=O)OCc1ccccc1. The van der Waals surface area contributed by atoms with Crippen LogP contribution in [0, 0.1) is 5.82 Å². The molecular formula is C25H21FN2O3. The molecule has 6 heteroatoms. The summed E-state index contributed by atoms with van der Waals surface area (Å²) in [6, 6.07) is 22.0. The topological polar surface area (TPSA) is 67.8 Å². The molecule has 156 valence electrons. The number of aliphatic imine (C=N–C) groups is 1. The van der Waals surface area contributed by atoms with E-state index in [0.29, 0.717) is 22.5 Å². The molecule has 0 spiro atoms. The summed E-state index contributed by atoms with van der Waals surface area (Å²) in [5.74, 6) is -1.18. The van der Waals surface area contributed by atoms with Gasteiger partial charge in [0.05, 0.1) is 11.4 Å². The average Bonchev–Trinajstić information content (AvgIpc) is 2.93. The predicted octanol–water partition coefficient (Wildman–Crippen LogP) is 4.51. The van der Waals surface area contributed by atoms with Gasteiger partial charge in [-0.1, -0.05) is 60.7 Å². The van der Waals surface area contributed by atoms with Crippen molar-refractivity contribution >= 4 is 23.3 Å². The van der Waals surface area contributed by atoms with Crippen molar-refractivity contribution in [2.24, 2.45) is 4.99 Å². The Morgan fingerprint density at radius 3 is 2.39 bits per heavy atom. The van der Waals surface area contributed by atoms with Crippen LogP contribution in [0.1, 0.15) is 29.5 Å². The molecule has 0 saturated heterocycles. The number of ether oxygens (including phenoxy) is 1. The van der Waals surface area contributed by atoms with E-state index < -0.39 is 17.8 Å². The molecule has 1 aliphatic rings. The number of nitrogens with zero attached hydrogens (tertiary/aromatic N) is 1. The van der Waals surface area contributed by atoms with Crippen LogP contribution in [0.25, 0.3) is 0 Å². The van der Waals surface area contributed by atoms with Crippen LogP contribution in [-0.2, 0) is 20.9 Å². The summed E-state index contributed by atoms with van der Waals surface area (Å²) >= 11 is 0. The van der Waals surface area contributed by atoms with E-state index in [9.17, 15) is 14.0 Å². The van der Waals surface area contributed by atoms with Gasteiger partial charge in [0.15, 0.2) is 0 Å². The highest BCUT2D eigenvalue weighted by atomic mass is 19.1. The first-order valence-corrected chi connectivity index (χ1v) is 10.0. The zero-order valence-corrected chi connectivity index (χ0v) is 16.8. The Bertz CT molecular complexity index is 1130. The summed E-state index contributed by atoms with van der Waals surface area (Å²) < 4.78 is 19.8. The molecule has 0 radical (unpaired) electrons. The van der Waals surface area contributed by atoms with Crippen LogP contribution in [0.5, 0.6) is 0 Å². The van der Waals surface area contributed by atoms with E-state index in [0.717, 1.165) is 5.56 Å². The minimum Gasteiger partial charge on any atom is -0.461 e. The van der Waals surface area contributed by atoms with Crippen molar-refractivity contribution in [1.29, 1.82) is 0 Å². The number of hydrogen-bond donors (Lipinski definition) is 1. The number of rotatable bonds is 6. The number of benzene rings is 3. The lowest BCUT2D eigenvalue weighted by Gasteiger charge is -2.11. The Hall–Kier alpha value is -3.80. The molecule has 1 N–H and O–H groups in total. The van der Waals surface area contributed by atoms with Crippen molar-refractivity contribution in [3.63, 3.8) is 0 Å². The molecule has 0 fully saturated rings. The maximum absolute atomic E-state index is 14.5. The minimum atomic E-state index is -0.841. The van der Waals surface area contributed by atoms with Gasteiger partial charge in [0.1, 0.15) is 18.5 Å². The first-order valence-electron chi connectivity index (χ1n) is 10.0. The van der Waals surface area contributed by atoms with Gasteiger partial charge in [0, 0.05) is 17.5 Å². The van der Waals surface area contributed by atoms with Crippen molar-refractivity contribution in [2.45, 2.75) is 25.5 Å². The molecule has 3 aromatic carbocycles. The molecule has 0 aliphatic carbocycles. The minimum absolute atomic E-state index is 0.0231. The number of carbonyl (C=O) groups is 2. The molecule has 3 aromatic rings. The van der Waals surface area contributed by atoms with E-state index in [-0.39, 0.29) is 25.4 Å². The molecule has 0 unspecified atom stereocenters. The molecule has 31 heavy (non-hydrogen) atoms. The molecule has 0 bridgehead atoms. The molecule has 1 heterocycles. The van der Waals surface area contributed by atoms with Crippen LogP contribution in [0.4, 0.5) is 10.1 Å². The maximum Gasteiger partial charge on any atom is 0.306 e. The number of carbonyl (C=O) groups excluding carboxylic acids is 2. The second-order valence-corrected chi connectivity index (χ2v) is 7.19. The highest BCUT2D eigenvalue weighted by molar-refractivity contribution is 6.19. The number of esters is 1. The fourth-order valence-corrected chi connectivity index (χ4v) is 3.43. The first-order chi connectivity index (χ1) is 15.1. The number of amides is 1. The number of fused-ring (bicyclic) bond motifs is 1. The number of benzodiazepines with no additional fused rings is 1. The third-order valence-electron chi connectivity index (χ3n) is 5.02. The van der Waals surface area contributed by atoms with Crippen molar-refractivity contribution in [3.05, 3.63) is 101 Å². The smallest absolute Gasteiger partial charge is 0.306 e. The van der Waals surface area contributed by atoms with Gasteiger partial charge in [-0.25, -0.2) is 4.39 Å². The fraction of sp³-hybridized carbons (Fsp3) is 0.160. The average molecular weight is 416 g/mol. The molecule has 4 rings (SSSR count). The summed E-state index contributed by atoms with van der Waals surface area (Å²) in [6.07, 6.45) is 0.181. The van der Waals surface area contributed by atoms with Crippen molar-refractivity contribution in [3.8, 4) is 0 Å². The zero-order valence-electron chi connectivity index (χ0n) is 16.8. The molecule has 1 amide bonds. The number of nitrogens with one attached hydrogen (secondary N) is 1. The summed E-state index contributed by atoms with van der Waals surface area (Å²) in [4.78, 5) is 29.6. The summed E-state index contributed by atoms with van der Waals surface area (Å²) in [5, 5.41) is 2.85. The Balaban J connectivity index is 1.53. The van der Waals surface area contributed by atoms with Gasteiger partial charge in [-0.15, -0.1) is 0 Å². The molecule has 0 saturated carbocycles. The van der Waals surface area contributed by atoms with Crippen LogP contribution in [-0.4, -0.2) is 23.6 Å². The molecule has 1 aliphatic heterocycles. The van der Waals surface area contributed by atoms with Gasteiger partial charge >= 0.3 is 5.97 Å². The van der Waals surface area contributed by atoms with E-state index in [4.69, 9.17) is 4.74 Å². The second kappa shape index (κ2) is 9.34. The van der Waals surface area contributed by atoms with Gasteiger partial charge in [0.2, 0.25) is 5.91 Å². The lowest BCUT2D eigenvalue weighted by molar-refractivity contribution is -0.145. The Morgan fingerprint density at radius 2 is 1.61 bits per heavy atom. The first kappa shape index (κ1) is 20.5. The maximum atomic E-state index is 14.5. The van der Waals surface area contributed by atoms with Crippen LogP contribution in [0.2, 0.25) is 0 Å². The van der Waals surface area contributed by atoms with E-state index >= 15 is 0 Å². The van der Waals surface area contributed by atoms with Crippen LogP contribution in [0.3, 0.4) is 0 Å². The second-order valence-electron chi connectivity index (χ2n) is 7.19. The van der Waals surface area contributed by atoms with Gasteiger partial charge in [0.25, 0.3) is 0 Å².